The van der Waals surface area contributed by atoms with Crippen LogP contribution >= 0.6 is 0 Å². The van der Waals surface area contributed by atoms with Crippen molar-refractivity contribution in [3.05, 3.63) is 30.6 Å². The highest BCUT2D eigenvalue weighted by Crippen LogP contribution is 2.11. The molecule has 0 spiro atoms. The van der Waals surface area contributed by atoms with Gasteiger partial charge in [0.2, 0.25) is 0 Å². The smallest absolute Gasteiger partial charge is 0.270 e. The van der Waals surface area contributed by atoms with Crippen LogP contribution in [0.4, 0.5) is 5.69 Å². The Morgan fingerprint density at radius 2 is 2.40 bits per heavy atom. The molecule has 0 saturated carbocycles. The second-order valence-corrected chi connectivity index (χ2v) is 3.40. The number of aromatic nitrogens is 1. The zero-order valence-corrected chi connectivity index (χ0v) is 9.23. The highest BCUT2D eigenvalue weighted by Gasteiger charge is 2.16. The van der Waals surface area contributed by atoms with Crippen LogP contribution < -0.4 is 5.73 Å². The number of rotatable bonds is 4. The summed E-state index contributed by atoms with van der Waals surface area (Å²) in [5.74, 6) is -0.0170. The van der Waals surface area contributed by atoms with E-state index < -0.39 is 0 Å². The molecule has 1 heterocycles. The van der Waals surface area contributed by atoms with Crippen molar-refractivity contribution >= 4 is 11.6 Å². The monoisotopic (exact) mass is 207 g/mol. The first-order valence-electron chi connectivity index (χ1n) is 4.92. The fourth-order valence-corrected chi connectivity index (χ4v) is 1.48. The third-order valence-corrected chi connectivity index (χ3v) is 2.26. The first-order valence-corrected chi connectivity index (χ1v) is 4.92. The molecule has 0 aliphatic heterocycles. The lowest BCUT2D eigenvalue weighted by molar-refractivity contribution is 0.0772. The molecule has 15 heavy (non-hydrogen) atoms. The second kappa shape index (κ2) is 4.68. The Hall–Kier alpha value is -1.71. The molecule has 1 aromatic rings. The zero-order valence-electron chi connectivity index (χ0n) is 9.23. The first kappa shape index (κ1) is 11.4. The predicted molar refractivity (Wildman–Crippen MR) is 61.6 cm³/mol. The maximum Gasteiger partial charge on any atom is 0.270 e. The molecule has 4 heteroatoms. The molecule has 1 rings (SSSR count). The van der Waals surface area contributed by atoms with Crippen LogP contribution in [0.15, 0.2) is 24.9 Å². The molecule has 0 saturated heterocycles. The van der Waals surface area contributed by atoms with Crippen LogP contribution in [0.5, 0.6) is 0 Å². The fourth-order valence-electron chi connectivity index (χ4n) is 1.48. The van der Waals surface area contributed by atoms with Gasteiger partial charge in [-0.25, -0.2) is 0 Å². The molecule has 0 aliphatic rings. The number of hydrogen-bond acceptors (Lipinski definition) is 2. The van der Waals surface area contributed by atoms with E-state index in [1.54, 1.807) is 27.8 Å². The van der Waals surface area contributed by atoms with E-state index in [0.29, 0.717) is 24.5 Å². The van der Waals surface area contributed by atoms with Gasteiger partial charge in [-0.2, -0.15) is 0 Å². The van der Waals surface area contributed by atoms with Gasteiger partial charge in [0.15, 0.2) is 0 Å². The van der Waals surface area contributed by atoms with Gasteiger partial charge in [-0.15, -0.1) is 6.58 Å². The summed E-state index contributed by atoms with van der Waals surface area (Å²) in [4.78, 5) is 13.7. The minimum Gasteiger partial charge on any atom is -0.397 e. The number of hydrogen-bond donors (Lipinski definition) is 1. The Morgan fingerprint density at radius 3 is 2.80 bits per heavy atom. The fraction of sp³-hybridized carbons (Fsp3) is 0.364. The molecule has 2 N–H and O–H groups in total. The van der Waals surface area contributed by atoms with Crippen LogP contribution in [0.3, 0.4) is 0 Å². The summed E-state index contributed by atoms with van der Waals surface area (Å²) < 4.78 is 1.74. The molecular formula is C11H17N3O. The molecule has 82 valence electrons. The number of anilines is 1. The van der Waals surface area contributed by atoms with Gasteiger partial charge in [0, 0.05) is 26.3 Å². The van der Waals surface area contributed by atoms with E-state index in [9.17, 15) is 4.79 Å². The summed E-state index contributed by atoms with van der Waals surface area (Å²) in [6.07, 6.45) is 3.45. The van der Waals surface area contributed by atoms with Crippen molar-refractivity contribution in [2.45, 2.75) is 6.92 Å². The van der Waals surface area contributed by atoms with E-state index in [1.807, 2.05) is 14.0 Å². The molecule has 4 nitrogen and oxygen atoms in total. The molecule has 0 atom stereocenters. The van der Waals surface area contributed by atoms with Gasteiger partial charge in [-0.3, -0.25) is 4.79 Å². The maximum atomic E-state index is 12.0. The summed E-state index contributed by atoms with van der Waals surface area (Å²) >= 11 is 0. The maximum absolute atomic E-state index is 12.0. The van der Waals surface area contributed by atoms with E-state index in [1.165, 1.54) is 0 Å². The third kappa shape index (κ3) is 2.40. The Bertz CT molecular complexity index is 368. The molecule has 0 fully saturated rings. The average Bonchev–Trinajstić information content (AvgIpc) is 2.53. The highest BCUT2D eigenvalue weighted by atomic mass is 16.2. The Labute approximate surface area is 90.0 Å². The van der Waals surface area contributed by atoms with Gasteiger partial charge in [-0.05, 0) is 13.0 Å². The highest BCUT2D eigenvalue weighted by molar-refractivity contribution is 5.93. The van der Waals surface area contributed by atoms with Gasteiger partial charge >= 0.3 is 0 Å². The van der Waals surface area contributed by atoms with Crippen molar-refractivity contribution in [3.8, 4) is 0 Å². The molecule has 1 amide bonds. The zero-order chi connectivity index (χ0) is 11.4. The normalized spacial score (nSPS) is 10.0. The van der Waals surface area contributed by atoms with Gasteiger partial charge in [0.1, 0.15) is 5.69 Å². The molecule has 0 bridgehead atoms. The van der Waals surface area contributed by atoms with Crippen LogP contribution in [0.2, 0.25) is 0 Å². The number of nitrogens with zero attached hydrogens (tertiary/aromatic N) is 2. The minimum atomic E-state index is -0.0170. The topological polar surface area (TPSA) is 51.3 Å². The quantitative estimate of drug-likeness (QED) is 0.755. The number of likely N-dealkylation sites (N-methyl/N-ethyl adjacent to an activating group) is 1. The average molecular weight is 207 g/mol. The molecule has 0 aromatic carbocycles. The third-order valence-electron chi connectivity index (χ3n) is 2.26. The van der Waals surface area contributed by atoms with Gasteiger partial charge in [0.25, 0.3) is 5.91 Å². The van der Waals surface area contributed by atoms with Crippen LogP contribution in [0, 0.1) is 0 Å². The standard InChI is InChI=1S/C11H17N3O/c1-4-6-14(5-2)11(15)10-7-9(12)8-13(10)3/h4,7-8H,1,5-6,12H2,2-3H3. The lowest BCUT2D eigenvalue weighted by atomic mass is 10.3. The Morgan fingerprint density at radius 1 is 1.73 bits per heavy atom. The molecule has 0 aliphatic carbocycles. The number of amides is 1. The Kier molecular flexibility index (Phi) is 3.55. The Balaban J connectivity index is 2.91. The van der Waals surface area contributed by atoms with E-state index in [2.05, 4.69) is 6.58 Å². The lowest BCUT2D eigenvalue weighted by Gasteiger charge is -2.18. The van der Waals surface area contributed by atoms with Crippen LogP contribution in [-0.4, -0.2) is 28.5 Å². The van der Waals surface area contributed by atoms with Crippen LogP contribution in [0.1, 0.15) is 17.4 Å². The minimum absolute atomic E-state index is 0.0170. The summed E-state index contributed by atoms with van der Waals surface area (Å²) in [7, 11) is 1.81. The van der Waals surface area contributed by atoms with Crippen molar-refractivity contribution in [1.82, 2.24) is 9.47 Å². The number of carbonyl (C=O) groups is 1. The molecule has 1 aromatic heterocycles. The number of nitrogens with two attached hydrogens (primary N) is 1. The first-order chi connectivity index (χ1) is 7.10. The number of aryl methyl sites for hydroxylation is 1. The molecular weight excluding hydrogens is 190 g/mol. The number of nitrogen functional groups attached to an aromatic ring is 1. The summed E-state index contributed by atoms with van der Waals surface area (Å²) in [6, 6.07) is 1.69. The largest absolute Gasteiger partial charge is 0.397 e. The molecule has 0 unspecified atom stereocenters. The van der Waals surface area contributed by atoms with E-state index in [0.717, 1.165) is 0 Å². The van der Waals surface area contributed by atoms with E-state index in [4.69, 9.17) is 5.73 Å². The van der Waals surface area contributed by atoms with E-state index >= 15 is 0 Å². The van der Waals surface area contributed by atoms with Crippen LogP contribution in [-0.2, 0) is 7.05 Å². The van der Waals surface area contributed by atoms with Crippen molar-refractivity contribution < 1.29 is 4.79 Å². The predicted octanol–water partition coefficient (Wildman–Crippen LogP) is 1.26. The summed E-state index contributed by atoms with van der Waals surface area (Å²) in [6.45, 7) is 6.78. The van der Waals surface area contributed by atoms with Crippen molar-refractivity contribution in [1.29, 1.82) is 0 Å². The second-order valence-electron chi connectivity index (χ2n) is 3.40. The van der Waals surface area contributed by atoms with Crippen molar-refractivity contribution in [2.24, 2.45) is 7.05 Å². The van der Waals surface area contributed by atoms with Gasteiger partial charge < -0.3 is 15.2 Å². The van der Waals surface area contributed by atoms with Crippen molar-refractivity contribution in [3.63, 3.8) is 0 Å². The van der Waals surface area contributed by atoms with Crippen molar-refractivity contribution in [2.75, 3.05) is 18.8 Å². The van der Waals surface area contributed by atoms with Crippen LogP contribution in [0.25, 0.3) is 0 Å². The molecule has 0 radical (unpaired) electrons. The SMILES string of the molecule is C=CCN(CC)C(=O)c1cc(N)cn1C. The number of carbonyl (C=O) groups excluding carboxylic acids is 1. The van der Waals surface area contributed by atoms with E-state index in [-0.39, 0.29) is 5.91 Å². The van der Waals surface area contributed by atoms with Gasteiger partial charge in [0.05, 0.1) is 5.69 Å². The lowest BCUT2D eigenvalue weighted by Crippen LogP contribution is -2.32. The summed E-state index contributed by atoms with van der Waals surface area (Å²) in [5.41, 5.74) is 6.84. The van der Waals surface area contributed by atoms with Gasteiger partial charge in [-0.1, -0.05) is 6.08 Å². The summed E-state index contributed by atoms with van der Waals surface area (Å²) in [5, 5.41) is 0.